The summed E-state index contributed by atoms with van der Waals surface area (Å²) in [7, 11) is 0. The predicted molar refractivity (Wildman–Crippen MR) is 41.4 cm³/mol. The molecular formula is C6H13ClN2O. The second kappa shape index (κ2) is 4.52. The van der Waals surface area contributed by atoms with Gasteiger partial charge in [-0.25, -0.2) is 4.84 Å². The fraction of sp³-hybridized carbons (Fsp3) is 0.833. The van der Waals surface area contributed by atoms with Crippen LogP contribution < -0.4 is 10.6 Å². The van der Waals surface area contributed by atoms with E-state index in [0.717, 1.165) is 0 Å². The minimum atomic E-state index is -0.401. The molecule has 0 aromatic carbocycles. The van der Waals surface area contributed by atoms with Gasteiger partial charge >= 0.3 is 0 Å². The minimum Gasteiger partial charge on any atom is -0.368 e. The number of nitrogens with one attached hydrogen (secondary N) is 1. The summed E-state index contributed by atoms with van der Waals surface area (Å²) < 4.78 is 0. The van der Waals surface area contributed by atoms with E-state index >= 15 is 0 Å². The van der Waals surface area contributed by atoms with Crippen LogP contribution in [0.3, 0.4) is 0 Å². The van der Waals surface area contributed by atoms with Gasteiger partial charge in [0.15, 0.2) is 0 Å². The molecule has 0 aromatic rings. The Hall–Kier alpha value is -0.280. The lowest BCUT2D eigenvalue weighted by Crippen LogP contribution is -2.37. The number of carbonyl (C=O) groups is 1. The molecule has 3 N–H and O–H groups in total. The van der Waals surface area contributed by atoms with E-state index in [2.05, 4.69) is 4.84 Å². The first-order valence-electron chi connectivity index (χ1n) is 3.23. The van der Waals surface area contributed by atoms with Crippen molar-refractivity contribution in [3.63, 3.8) is 0 Å². The maximum Gasteiger partial charge on any atom is 0.235 e. The van der Waals surface area contributed by atoms with Gasteiger partial charge in [-0.2, -0.15) is 0 Å². The molecule has 10 heavy (non-hydrogen) atoms. The predicted octanol–water partition coefficient (Wildman–Crippen LogP) is 0.630. The highest BCUT2D eigenvalue weighted by Crippen LogP contribution is 2.04. The van der Waals surface area contributed by atoms with Crippen molar-refractivity contribution in [2.75, 3.05) is 0 Å². The zero-order valence-electron chi connectivity index (χ0n) is 6.23. The summed E-state index contributed by atoms with van der Waals surface area (Å²) in [6.45, 7) is 4.01. The zero-order chi connectivity index (χ0) is 8.15. The van der Waals surface area contributed by atoms with Gasteiger partial charge in [0, 0.05) is 0 Å². The summed E-state index contributed by atoms with van der Waals surface area (Å²) in [5.41, 5.74) is 5.01. The van der Waals surface area contributed by atoms with E-state index in [0.29, 0.717) is 12.3 Å². The van der Waals surface area contributed by atoms with Crippen LogP contribution in [0, 0.1) is 5.92 Å². The van der Waals surface area contributed by atoms with E-state index < -0.39 is 11.9 Å². The van der Waals surface area contributed by atoms with Gasteiger partial charge in [-0.1, -0.05) is 13.8 Å². The molecule has 1 atom stereocenters. The molecule has 0 aromatic heterocycles. The van der Waals surface area contributed by atoms with Crippen LogP contribution in [0.5, 0.6) is 0 Å². The third kappa shape index (κ3) is 3.69. The lowest BCUT2D eigenvalue weighted by atomic mass is 10.0. The summed E-state index contributed by atoms with van der Waals surface area (Å²) in [5.74, 6) is 0.0208. The number of hydrogen-bond donors (Lipinski definition) is 2. The van der Waals surface area contributed by atoms with Crippen LogP contribution in [0.15, 0.2) is 0 Å². The topological polar surface area (TPSA) is 55.1 Å². The van der Waals surface area contributed by atoms with Crippen LogP contribution in [0.2, 0.25) is 0 Å². The fourth-order valence-corrected chi connectivity index (χ4v) is 0.882. The van der Waals surface area contributed by atoms with E-state index in [4.69, 9.17) is 17.5 Å². The van der Waals surface area contributed by atoms with Crippen LogP contribution in [0.25, 0.3) is 0 Å². The van der Waals surface area contributed by atoms with E-state index in [1.54, 1.807) is 0 Å². The van der Waals surface area contributed by atoms with Gasteiger partial charge in [-0.05, 0) is 24.1 Å². The van der Waals surface area contributed by atoms with E-state index in [1.165, 1.54) is 0 Å². The van der Waals surface area contributed by atoms with E-state index in [-0.39, 0.29) is 0 Å². The molecular weight excluding hydrogens is 152 g/mol. The fourth-order valence-electron chi connectivity index (χ4n) is 0.686. The van der Waals surface area contributed by atoms with Gasteiger partial charge < -0.3 is 5.73 Å². The third-order valence-electron chi connectivity index (χ3n) is 1.18. The highest BCUT2D eigenvalue weighted by Gasteiger charge is 2.14. The Morgan fingerprint density at radius 1 is 1.70 bits per heavy atom. The molecule has 0 saturated carbocycles. The molecule has 4 heteroatoms. The number of halogens is 1. The Balaban J connectivity index is 3.72. The Bertz CT molecular complexity index is 116. The SMILES string of the molecule is CC(C)C[C@@H](NCl)C(N)=O. The third-order valence-corrected chi connectivity index (χ3v) is 1.45. The second-order valence-corrected chi connectivity index (χ2v) is 2.91. The standard InChI is InChI=1S/C6H13ClN2O/c1-4(2)3-5(9-7)6(8)10/h4-5,9H,3H2,1-2H3,(H2,8,10)/t5-/m1/s1. The first-order chi connectivity index (χ1) is 4.57. The van der Waals surface area contributed by atoms with Crippen molar-refractivity contribution in [2.24, 2.45) is 11.7 Å². The van der Waals surface area contributed by atoms with Crippen molar-refractivity contribution in [2.45, 2.75) is 26.3 Å². The highest BCUT2D eigenvalue weighted by molar-refractivity contribution is 6.15. The molecule has 0 rings (SSSR count). The summed E-state index contributed by atoms with van der Waals surface area (Å²) in [6, 6.07) is -0.401. The summed E-state index contributed by atoms with van der Waals surface area (Å²) in [6.07, 6.45) is 0.679. The highest BCUT2D eigenvalue weighted by atomic mass is 35.5. The van der Waals surface area contributed by atoms with Crippen LogP contribution in [-0.2, 0) is 4.79 Å². The van der Waals surface area contributed by atoms with E-state index in [1.807, 2.05) is 13.8 Å². The normalized spacial score (nSPS) is 13.6. The van der Waals surface area contributed by atoms with Crippen molar-refractivity contribution < 1.29 is 4.79 Å². The van der Waals surface area contributed by atoms with Gasteiger partial charge in [0.25, 0.3) is 0 Å². The van der Waals surface area contributed by atoms with Crippen molar-refractivity contribution in [3.05, 3.63) is 0 Å². The second-order valence-electron chi connectivity index (χ2n) is 2.69. The maximum atomic E-state index is 10.5. The van der Waals surface area contributed by atoms with Gasteiger partial charge in [0.2, 0.25) is 5.91 Å². The largest absolute Gasteiger partial charge is 0.368 e. The van der Waals surface area contributed by atoms with Crippen molar-refractivity contribution in [1.82, 2.24) is 4.84 Å². The van der Waals surface area contributed by atoms with Crippen LogP contribution >= 0.6 is 11.8 Å². The molecule has 0 unspecified atom stereocenters. The van der Waals surface area contributed by atoms with E-state index in [9.17, 15) is 4.79 Å². The Morgan fingerprint density at radius 3 is 2.30 bits per heavy atom. The van der Waals surface area contributed by atoms with Crippen LogP contribution in [0.4, 0.5) is 0 Å². The lowest BCUT2D eigenvalue weighted by Gasteiger charge is -2.11. The molecule has 0 saturated heterocycles. The summed E-state index contributed by atoms with van der Waals surface area (Å²) in [5, 5.41) is 0. The molecule has 0 fully saturated rings. The minimum absolute atomic E-state index is 0.399. The monoisotopic (exact) mass is 164 g/mol. The molecule has 0 aliphatic heterocycles. The Morgan fingerprint density at radius 2 is 2.20 bits per heavy atom. The smallest absolute Gasteiger partial charge is 0.235 e. The molecule has 1 amide bonds. The maximum absolute atomic E-state index is 10.5. The Kier molecular flexibility index (Phi) is 4.40. The molecule has 0 bridgehead atoms. The quantitative estimate of drug-likeness (QED) is 0.599. The van der Waals surface area contributed by atoms with Gasteiger partial charge in [-0.3, -0.25) is 4.79 Å². The number of amides is 1. The molecule has 3 nitrogen and oxygen atoms in total. The average Bonchev–Trinajstić information content (AvgIpc) is 1.81. The average molecular weight is 165 g/mol. The summed E-state index contributed by atoms with van der Waals surface area (Å²) in [4.78, 5) is 12.9. The summed E-state index contributed by atoms with van der Waals surface area (Å²) >= 11 is 5.26. The van der Waals surface area contributed by atoms with Gasteiger partial charge in [0.05, 0.1) is 0 Å². The first-order valence-corrected chi connectivity index (χ1v) is 3.61. The Labute approximate surface area is 66.0 Å². The first kappa shape index (κ1) is 9.72. The molecule has 0 aliphatic carbocycles. The number of carbonyl (C=O) groups excluding carboxylic acids is 1. The van der Waals surface area contributed by atoms with Crippen molar-refractivity contribution >= 4 is 17.7 Å². The number of nitrogens with two attached hydrogens (primary N) is 1. The molecule has 60 valence electrons. The zero-order valence-corrected chi connectivity index (χ0v) is 6.98. The van der Waals surface area contributed by atoms with Crippen molar-refractivity contribution in [3.8, 4) is 0 Å². The van der Waals surface area contributed by atoms with Crippen LogP contribution in [0.1, 0.15) is 20.3 Å². The van der Waals surface area contributed by atoms with Crippen LogP contribution in [-0.4, -0.2) is 11.9 Å². The molecule has 0 aliphatic rings. The molecule has 0 heterocycles. The number of hydrogen-bond acceptors (Lipinski definition) is 2. The molecule has 0 radical (unpaired) electrons. The van der Waals surface area contributed by atoms with Gasteiger partial charge in [0.1, 0.15) is 6.04 Å². The van der Waals surface area contributed by atoms with Gasteiger partial charge in [-0.15, -0.1) is 0 Å². The lowest BCUT2D eigenvalue weighted by molar-refractivity contribution is -0.119. The molecule has 0 spiro atoms. The van der Waals surface area contributed by atoms with Crippen molar-refractivity contribution in [1.29, 1.82) is 0 Å². The number of rotatable bonds is 4. The number of primary amides is 1.